The Bertz CT molecular complexity index is 800. The SMILES string of the molecule is CC(=O)Oc1cccc(C(=O)N[C@H](Cc2cccc(C)c2)C(=O)O)c1. The second-order valence-corrected chi connectivity index (χ2v) is 5.68. The quantitative estimate of drug-likeness (QED) is 0.621. The summed E-state index contributed by atoms with van der Waals surface area (Å²) in [4.78, 5) is 34.8. The highest BCUT2D eigenvalue weighted by atomic mass is 16.5. The van der Waals surface area contributed by atoms with Gasteiger partial charge in [-0.05, 0) is 30.7 Å². The Morgan fingerprint density at radius 2 is 1.84 bits per heavy atom. The lowest BCUT2D eigenvalue weighted by molar-refractivity contribution is -0.139. The van der Waals surface area contributed by atoms with Gasteiger partial charge in [-0.1, -0.05) is 35.9 Å². The lowest BCUT2D eigenvalue weighted by atomic mass is 10.0. The van der Waals surface area contributed by atoms with Crippen molar-refractivity contribution in [2.45, 2.75) is 26.3 Å². The first kappa shape index (κ1) is 18.2. The number of ether oxygens (including phenoxy) is 1. The van der Waals surface area contributed by atoms with Crippen molar-refractivity contribution in [2.75, 3.05) is 0 Å². The van der Waals surface area contributed by atoms with Crippen LogP contribution in [0.5, 0.6) is 5.75 Å². The number of hydrogen-bond acceptors (Lipinski definition) is 4. The van der Waals surface area contributed by atoms with Crippen LogP contribution in [0.3, 0.4) is 0 Å². The van der Waals surface area contributed by atoms with E-state index in [0.29, 0.717) is 0 Å². The van der Waals surface area contributed by atoms with Crippen LogP contribution in [0.25, 0.3) is 0 Å². The summed E-state index contributed by atoms with van der Waals surface area (Å²) in [6.07, 6.45) is 0.173. The van der Waals surface area contributed by atoms with Gasteiger partial charge in [0.05, 0.1) is 0 Å². The third-order valence-corrected chi connectivity index (χ3v) is 3.48. The van der Waals surface area contributed by atoms with Crippen molar-refractivity contribution in [3.8, 4) is 5.75 Å². The zero-order chi connectivity index (χ0) is 18.4. The highest BCUT2D eigenvalue weighted by molar-refractivity contribution is 5.97. The highest BCUT2D eigenvalue weighted by Gasteiger charge is 2.21. The van der Waals surface area contributed by atoms with Crippen molar-refractivity contribution in [2.24, 2.45) is 0 Å². The van der Waals surface area contributed by atoms with Gasteiger partial charge in [0.15, 0.2) is 0 Å². The fourth-order valence-corrected chi connectivity index (χ4v) is 2.38. The van der Waals surface area contributed by atoms with Gasteiger partial charge in [0.25, 0.3) is 5.91 Å². The van der Waals surface area contributed by atoms with E-state index in [9.17, 15) is 19.5 Å². The second kappa shape index (κ2) is 8.10. The van der Waals surface area contributed by atoms with Gasteiger partial charge in [-0.3, -0.25) is 9.59 Å². The summed E-state index contributed by atoms with van der Waals surface area (Å²) >= 11 is 0. The second-order valence-electron chi connectivity index (χ2n) is 5.68. The van der Waals surface area contributed by atoms with Crippen LogP contribution in [-0.4, -0.2) is 29.0 Å². The number of carbonyl (C=O) groups excluding carboxylic acids is 2. The molecule has 0 aliphatic rings. The first-order valence-corrected chi connectivity index (χ1v) is 7.73. The molecule has 2 rings (SSSR count). The molecular weight excluding hydrogens is 322 g/mol. The third-order valence-electron chi connectivity index (χ3n) is 3.48. The van der Waals surface area contributed by atoms with Gasteiger partial charge in [0.1, 0.15) is 11.8 Å². The van der Waals surface area contributed by atoms with Gasteiger partial charge in [-0.25, -0.2) is 4.79 Å². The van der Waals surface area contributed by atoms with E-state index in [4.69, 9.17) is 4.74 Å². The number of carboxylic acids is 1. The number of aliphatic carboxylic acids is 1. The van der Waals surface area contributed by atoms with Crippen LogP contribution in [0.1, 0.15) is 28.4 Å². The molecule has 6 nitrogen and oxygen atoms in total. The molecule has 2 N–H and O–H groups in total. The Labute approximate surface area is 145 Å². The van der Waals surface area contributed by atoms with Crippen LogP contribution < -0.4 is 10.1 Å². The lowest BCUT2D eigenvalue weighted by Gasteiger charge is -2.15. The molecular formula is C19H19NO5. The lowest BCUT2D eigenvalue weighted by Crippen LogP contribution is -2.42. The fourth-order valence-electron chi connectivity index (χ4n) is 2.38. The van der Waals surface area contributed by atoms with Gasteiger partial charge in [0.2, 0.25) is 0 Å². The molecule has 0 saturated carbocycles. The number of nitrogens with one attached hydrogen (secondary N) is 1. The predicted octanol–water partition coefficient (Wildman–Crippen LogP) is 2.35. The number of amides is 1. The monoisotopic (exact) mass is 341 g/mol. The van der Waals surface area contributed by atoms with Crippen LogP contribution in [0.15, 0.2) is 48.5 Å². The molecule has 0 unspecified atom stereocenters. The molecule has 6 heteroatoms. The van der Waals surface area contributed by atoms with E-state index in [1.165, 1.54) is 19.1 Å². The van der Waals surface area contributed by atoms with Crippen LogP contribution >= 0.6 is 0 Å². The maximum absolute atomic E-state index is 12.3. The van der Waals surface area contributed by atoms with Crippen LogP contribution in [0.2, 0.25) is 0 Å². The van der Waals surface area contributed by atoms with E-state index in [1.807, 2.05) is 31.2 Å². The standard InChI is InChI=1S/C19H19NO5/c1-12-5-3-6-14(9-12)10-17(19(23)24)20-18(22)15-7-4-8-16(11-15)25-13(2)21/h3-9,11,17H,10H2,1-2H3,(H,20,22)(H,23,24)/t17-/m1/s1. The number of benzene rings is 2. The molecule has 0 saturated heterocycles. The van der Waals surface area contributed by atoms with E-state index in [-0.39, 0.29) is 17.7 Å². The highest BCUT2D eigenvalue weighted by Crippen LogP contribution is 2.14. The molecule has 2 aromatic carbocycles. The first-order valence-electron chi connectivity index (χ1n) is 7.73. The summed E-state index contributed by atoms with van der Waals surface area (Å²) in [7, 11) is 0. The van der Waals surface area contributed by atoms with Crippen molar-refractivity contribution < 1.29 is 24.2 Å². The van der Waals surface area contributed by atoms with Crippen molar-refractivity contribution in [3.05, 3.63) is 65.2 Å². The molecule has 0 fully saturated rings. The number of hydrogen-bond donors (Lipinski definition) is 2. The normalized spacial score (nSPS) is 11.4. The first-order chi connectivity index (χ1) is 11.8. The number of carbonyl (C=O) groups is 3. The summed E-state index contributed by atoms with van der Waals surface area (Å²) < 4.78 is 4.93. The topological polar surface area (TPSA) is 92.7 Å². The van der Waals surface area contributed by atoms with Gasteiger partial charge < -0.3 is 15.2 Å². The van der Waals surface area contributed by atoms with Gasteiger partial charge >= 0.3 is 11.9 Å². The molecule has 0 aliphatic carbocycles. The fraction of sp³-hybridized carbons (Fsp3) is 0.211. The minimum Gasteiger partial charge on any atom is -0.480 e. The molecule has 0 heterocycles. The minimum atomic E-state index is -1.12. The molecule has 130 valence electrons. The Morgan fingerprint density at radius 3 is 2.48 bits per heavy atom. The molecule has 1 atom stereocenters. The van der Waals surface area contributed by atoms with E-state index >= 15 is 0 Å². The summed E-state index contributed by atoms with van der Waals surface area (Å²) in [5.74, 6) is -1.94. The van der Waals surface area contributed by atoms with Crippen LogP contribution in [0, 0.1) is 6.92 Å². The molecule has 0 spiro atoms. The Kier molecular flexibility index (Phi) is 5.89. The molecule has 0 aromatic heterocycles. The van der Waals surface area contributed by atoms with Gasteiger partial charge in [-0.15, -0.1) is 0 Å². The third kappa shape index (κ3) is 5.46. The van der Waals surface area contributed by atoms with E-state index in [0.717, 1.165) is 11.1 Å². The minimum absolute atomic E-state index is 0.173. The predicted molar refractivity (Wildman–Crippen MR) is 91.5 cm³/mol. The Morgan fingerprint density at radius 1 is 1.12 bits per heavy atom. The number of esters is 1. The Hall–Kier alpha value is -3.15. The molecule has 0 aliphatic heterocycles. The summed E-state index contributed by atoms with van der Waals surface area (Å²) in [5, 5.41) is 11.9. The summed E-state index contributed by atoms with van der Waals surface area (Å²) in [6, 6.07) is 12.4. The van der Waals surface area contributed by atoms with Gasteiger partial charge in [-0.2, -0.15) is 0 Å². The van der Waals surface area contributed by atoms with E-state index in [1.54, 1.807) is 12.1 Å². The van der Waals surface area contributed by atoms with Crippen molar-refractivity contribution >= 4 is 17.8 Å². The van der Waals surface area contributed by atoms with E-state index in [2.05, 4.69) is 5.32 Å². The molecule has 0 radical (unpaired) electrons. The van der Waals surface area contributed by atoms with Crippen LogP contribution in [-0.2, 0) is 16.0 Å². The largest absolute Gasteiger partial charge is 0.480 e. The zero-order valence-electron chi connectivity index (χ0n) is 14.0. The van der Waals surface area contributed by atoms with E-state index < -0.39 is 23.9 Å². The summed E-state index contributed by atoms with van der Waals surface area (Å²) in [5.41, 5.74) is 2.05. The average molecular weight is 341 g/mol. The Balaban J connectivity index is 2.12. The van der Waals surface area contributed by atoms with Gasteiger partial charge in [0, 0.05) is 18.9 Å². The molecule has 0 bridgehead atoms. The number of carboxylic acid groups (broad SMARTS) is 1. The molecule has 1 amide bonds. The zero-order valence-corrected chi connectivity index (χ0v) is 14.0. The van der Waals surface area contributed by atoms with Crippen molar-refractivity contribution in [3.63, 3.8) is 0 Å². The number of rotatable bonds is 6. The summed E-state index contributed by atoms with van der Waals surface area (Å²) in [6.45, 7) is 3.17. The molecule has 25 heavy (non-hydrogen) atoms. The van der Waals surface area contributed by atoms with Crippen molar-refractivity contribution in [1.82, 2.24) is 5.32 Å². The van der Waals surface area contributed by atoms with Crippen LogP contribution in [0.4, 0.5) is 0 Å². The smallest absolute Gasteiger partial charge is 0.326 e. The maximum Gasteiger partial charge on any atom is 0.326 e. The maximum atomic E-state index is 12.3. The van der Waals surface area contributed by atoms with Crippen molar-refractivity contribution in [1.29, 1.82) is 0 Å². The average Bonchev–Trinajstić information content (AvgIpc) is 2.53. The molecule has 2 aromatic rings. The number of aryl methyl sites for hydroxylation is 1.